The van der Waals surface area contributed by atoms with Crippen LogP contribution in [0.1, 0.15) is 17.5 Å². The Morgan fingerprint density at radius 2 is 2.35 bits per heavy atom. The maximum atomic E-state index is 5.44. The molecule has 0 aromatic heterocycles. The van der Waals surface area contributed by atoms with Gasteiger partial charge in [-0.3, -0.25) is 0 Å². The van der Waals surface area contributed by atoms with Crippen LogP contribution < -0.4 is 5.32 Å². The monoisotopic (exact) mass is 231 g/mol. The van der Waals surface area contributed by atoms with Crippen LogP contribution >= 0.6 is 0 Å². The maximum Gasteiger partial charge on any atom is 0.181 e. The van der Waals surface area contributed by atoms with Crippen LogP contribution in [-0.4, -0.2) is 24.9 Å². The van der Waals surface area contributed by atoms with Crippen LogP contribution in [0.4, 0.5) is 0 Å². The van der Waals surface area contributed by atoms with Crippen molar-refractivity contribution >= 4 is 5.71 Å². The zero-order valence-corrected chi connectivity index (χ0v) is 10.2. The summed E-state index contributed by atoms with van der Waals surface area (Å²) < 4.78 is 0. The fourth-order valence-corrected chi connectivity index (χ4v) is 2.01. The highest BCUT2D eigenvalue weighted by molar-refractivity contribution is 6.02. The minimum absolute atomic E-state index is 0.199. The topological polar surface area (TPSA) is 38.2 Å². The van der Waals surface area contributed by atoms with Crippen LogP contribution in [0, 0.1) is 6.92 Å². The van der Waals surface area contributed by atoms with Gasteiger partial charge in [-0.05, 0) is 18.6 Å². The molecule has 0 saturated heterocycles. The fraction of sp³-hybridized carbons (Fsp3) is 0.357. The normalized spacial score (nSPS) is 18.6. The van der Waals surface area contributed by atoms with Crippen molar-refractivity contribution in [2.24, 2.45) is 5.16 Å². The van der Waals surface area contributed by atoms with Gasteiger partial charge in [-0.1, -0.05) is 36.0 Å². The molecule has 3 nitrogen and oxygen atoms in total. The summed E-state index contributed by atoms with van der Waals surface area (Å²) in [5.41, 5.74) is 3.53. The predicted molar refractivity (Wildman–Crippen MR) is 69.1 cm³/mol. The lowest BCUT2D eigenvalue weighted by Crippen LogP contribution is -2.86. The highest BCUT2D eigenvalue weighted by Crippen LogP contribution is 2.18. The molecule has 2 rings (SSSR count). The molecular formula is C14H19N2O+. The van der Waals surface area contributed by atoms with Gasteiger partial charge in [0.1, 0.15) is 6.54 Å². The Morgan fingerprint density at radius 1 is 1.53 bits per heavy atom. The smallest absolute Gasteiger partial charge is 0.181 e. The van der Waals surface area contributed by atoms with Crippen LogP contribution in [0.3, 0.4) is 0 Å². The Hall–Kier alpha value is -1.61. The second kappa shape index (κ2) is 5.64. The number of benzene rings is 1. The van der Waals surface area contributed by atoms with Gasteiger partial charge in [-0.25, -0.2) is 0 Å². The third kappa shape index (κ3) is 2.94. The van der Waals surface area contributed by atoms with E-state index in [9.17, 15) is 0 Å². The van der Waals surface area contributed by atoms with Gasteiger partial charge in [-0.2, -0.15) is 0 Å². The molecule has 0 amide bonds. The molecule has 0 aliphatic carbocycles. The summed E-state index contributed by atoms with van der Waals surface area (Å²) in [6.45, 7) is 7.67. The average molecular weight is 231 g/mol. The third-order valence-electron chi connectivity index (χ3n) is 2.95. The molecule has 0 spiro atoms. The summed E-state index contributed by atoms with van der Waals surface area (Å²) in [5.74, 6) is 0. The second-order valence-corrected chi connectivity index (χ2v) is 4.33. The molecule has 0 fully saturated rings. The molecule has 3 heteroatoms. The summed E-state index contributed by atoms with van der Waals surface area (Å²) in [5, 5.41) is 6.39. The van der Waals surface area contributed by atoms with Crippen molar-refractivity contribution in [3.8, 4) is 0 Å². The number of quaternary nitrogens is 1. The van der Waals surface area contributed by atoms with E-state index in [-0.39, 0.29) is 6.10 Å². The molecule has 17 heavy (non-hydrogen) atoms. The highest BCUT2D eigenvalue weighted by atomic mass is 16.6. The number of rotatable bonds is 5. The third-order valence-corrected chi connectivity index (χ3v) is 2.95. The van der Waals surface area contributed by atoms with E-state index in [1.807, 2.05) is 18.2 Å². The lowest BCUT2D eigenvalue weighted by Gasteiger charge is -2.06. The Labute approximate surface area is 102 Å². The number of nitrogens with zero attached hydrogens (tertiary/aromatic N) is 1. The molecule has 0 radical (unpaired) electrons. The zero-order valence-electron chi connectivity index (χ0n) is 10.2. The van der Waals surface area contributed by atoms with E-state index >= 15 is 0 Å². The summed E-state index contributed by atoms with van der Waals surface area (Å²) >= 11 is 0. The van der Waals surface area contributed by atoms with E-state index in [0.717, 1.165) is 25.2 Å². The van der Waals surface area contributed by atoms with Gasteiger partial charge in [0.25, 0.3) is 0 Å². The minimum atomic E-state index is 0.199. The van der Waals surface area contributed by atoms with E-state index in [0.29, 0.717) is 0 Å². The van der Waals surface area contributed by atoms with Gasteiger partial charge in [0.15, 0.2) is 6.10 Å². The Balaban J connectivity index is 1.93. The van der Waals surface area contributed by atoms with Crippen molar-refractivity contribution < 1.29 is 10.2 Å². The molecule has 90 valence electrons. The molecule has 0 bridgehead atoms. The zero-order chi connectivity index (χ0) is 12.1. The van der Waals surface area contributed by atoms with Crippen LogP contribution in [-0.2, 0) is 4.84 Å². The van der Waals surface area contributed by atoms with E-state index < -0.39 is 0 Å². The van der Waals surface area contributed by atoms with Crippen LogP contribution in [0.25, 0.3) is 0 Å². The molecule has 1 aromatic rings. The van der Waals surface area contributed by atoms with Crippen molar-refractivity contribution in [3.63, 3.8) is 0 Å². The van der Waals surface area contributed by atoms with Gasteiger partial charge >= 0.3 is 0 Å². The number of aryl methyl sites for hydroxylation is 1. The predicted octanol–water partition coefficient (Wildman–Crippen LogP) is 1.24. The molecule has 2 N–H and O–H groups in total. The van der Waals surface area contributed by atoms with Crippen molar-refractivity contribution in [3.05, 3.63) is 48.0 Å². The van der Waals surface area contributed by atoms with Gasteiger partial charge in [0, 0.05) is 12.0 Å². The number of oxime groups is 1. The highest BCUT2D eigenvalue weighted by Gasteiger charge is 2.23. The van der Waals surface area contributed by atoms with Crippen molar-refractivity contribution in [1.29, 1.82) is 0 Å². The lowest BCUT2D eigenvalue weighted by molar-refractivity contribution is -0.652. The molecular weight excluding hydrogens is 212 g/mol. The quantitative estimate of drug-likeness (QED) is 0.601. The van der Waals surface area contributed by atoms with Crippen LogP contribution in [0.2, 0.25) is 0 Å². The van der Waals surface area contributed by atoms with Gasteiger partial charge in [0.2, 0.25) is 0 Å². The largest absolute Gasteiger partial charge is 0.386 e. The Morgan fingerprint density at radius 3 is 3.12 bits per heavy atom. The standard InChI is InChI=1S/C14H18N2O/c1-3-8-15-10-12-9-14(16-17-12)13-7-5-4-6-11(13)2/h3-7,12,15H,1,8-10H2,2H3/p+1/t12-/m0/s1. The average Bonchev–Trinajstić information content (AvgIpc) is 2.79. The first-order chi connectivity index (χ1) is 8.31. The molecule has 0 unspecified atom stereocenters. The Kier molecular flexibility index (Phi) is 3.94. The molecule has 0 saturated carbocycles. The maximum absolute atomic E-state index is 5.44. The minimum Gasteiger partial charge on any atom is -0.386 e. The van der Waals surface area contributed by atoms with Gasteiger partial charge < -0.3 is 10.2 Å². The number of hydrogen-bond acceptors (Lipinski definition) is 2. The molecule has 1 aliphatic rings. The fourth-order valence-electron chi connectivity index (χ4n) is 2.01. The summed E-state index contributed by atoms with van der Waals surface area (Å²) in [6.07, 6.45) is 3.00. The summed E-state index contributed by atoms with van der Waals surface area (Å²) in [4.78, 5) is 5.44. The van der Waals surface area contributed by atoms with E-state index in [2.05, 4.69) is 36.1 Å². The number of nitrogens with two attached hydrogens (primary N) is 1. The van der Waals surface area contributed by atoms with Crippen LogP contribution in [0.5, 0.6) is 0 Å². The van der Waals surface area contributed by atoms with E-state index in [4.69, 9.17) is 4.84 Å². The first-order valence-electron chi connectivity index (χ1n) is 6.02. The van der Waals surface area contributed by atoms with Crippen LogP contribution in [0.15, 0.2) is 42.1 Å². The summed E-state index contributed by atoms with van der Waals surface area (Å²) in [7, 11) is 0. The summed E-state index contributed by atoms with van der Waals surface area (Å²) in [6, 6.07) is 8.30. The lowest BCUT2D eigenvalue weighted by atomic mass is 10.0. The molecule has 1 aromatic carbocycles. The first kappa shape index (κ1) is 11.9. The van der Waals surface area contributed by atoms with Gasteiger partial charge in [0.05, 0.1) is 12.3 Å². The van der Waals surface area contributed by atoms with Crippen molar-refractivity contribution in [1.82, 2.24) is 0 Å². The number of hydrogen-bond donors (Lipinski definition) is 1. The molecule has 1 heterocycles. The molecule has 1 atom stereocenters. The van der Waals surface area contributed by atoms with Gasteiger partial charge in [-0.15, -0.1) is 0 Å². The molecule has 1 aliphatic heterocycles. The van der Waals surface area contributed by atoms with Crippen molar-refractivity contribution in [2.45, 2.75) is 19.4 Å². The second-order valence-electron chi connectivity index (χ2n) is 4.33. The van der Waals surface area contributed by atoms with Crippen molar-refractivity contribution in [2.75, 3.05) is 13.1 Å². The van der Waals surface area contributed by atoms with E-state index in [1.54, 1.807) is 0 Å². The van der Waals surface area contributed by atoms with E-state index in [1.165, 1.54) is 11.1 Å². The first-order valence-corrected chi connectivity index (χ1v) is 6.02. The Bertz CT molecular complexity index is 426. The SMILES string of the molecule is C=CC[NH2+]C[C@@H]1CC(c2ccccc2C)=NO1.